The Morgan fingerprint density at radius 3 is 2.57 bits per heavy atom. The van der Waals surface area contributed by atoms with Crippen LogP contribution >= 0.6 is 23.2 Å². The predicted molar refractivity (Wildman–Crippen MR) is 117 cm³/mol. The first-order valence-electron chi connectivity index (χ1n) is 10.4. The molecule has 2 heterocycles. The zero-order valence-corrected chi connectivity index (χ0v) is 19.7. The van der Waals surface area contributed by atoms with Gasteiger partial charge in [-0.15, -0.1) is 0 Å². The Bertz CT molecular complexity index is 824. The van der Waals surface area contributed by atoms with Crippen LogP contribution in [0.5, 0.6) is 0 Å². The molecule has 166 valence electrons. The van der Waals surface area contributed by atoms with Crippen LogP contribution in [0.3, 0.4) is 0 Å². The first kappa shape index (κ1) is 23.2. The van der Waals surface area contributed by atoms with E-state index in [0.29, 0.717) is 36.0 Å². The fourth-order valence-corrected chi connectivity index (χ4v) is 4.76. The van der Waals surface area contributed by atoms with Crippen LogP contribution in [0.4, 0.5) is 4.79 Å². The molecule has 2 aliphatic heterocycles. The number of hydrogen-bond acceptors (Lipinski definition) is 4. The van der Waals surface area contributed by atoms with Gasteiger partial charge in [-0.2, -0.15) is 0 Å². The van der Waals surface area contributed by atoms with E-state index in [0.717, 1.165) is 11.1 Å². The van der Waals surface area contributed by atoms with Gasteiger partial charge in [-0.25, -0.2) is 4.79 Å². The molecule has 8 heteroatoms. The number of carbonyl (C=O) groups excluding carboxylic acids is 2. The highest BCUT2D eigenvalue weighted by molar-refractivity contribution is 6.35. The number of nitrogens with zero attached hydrogens (tertiary/aromatic N) is 2. The van der Waals surface area contributed by atoms with Crippen LogP contribution in [0, 0.1) is 0 Å². The Labute approximate surface area is 188 Å². The minimum atomic E-state index is -0.730. The lowest BCUT2D eigenvalue weighted by Gasteiger charge is -2.42. The average molecular weight is 457 g/mol. The molecule has 0 saturated carbocycles. The summed E-state index contributed by atoms with van der Waals surface area (Å²) in [6, 6.07) is 3.42. The normalized spacial score (nSPS) is 24.4. The van der Waals surface area contributed by atoms with Crippen LogP contribution in [0.15, 0.2) is 12.1 Å². The van der Waals surface area contributed by atoms with Gasteiger partial charge in [0, 0.05) is 16.6 Å². The summed E-state index contributed by atoms with van der Waals surface area (Å²) in [5.74, 6) is -0.133. The molecule has 3 rings (SSSR count). The van der Waals surface area contributed by atoms with E-state index in [1.165, 1.54) is 0 Å². The van der Waals surface area contributed by atoms with Gasteiger partial charge in [-0.1, -0.05) is 30.1 Å². The predicted octanol–water partition coefficient (Wildman–Crippen LogP) is 4.85. The molecule has 0 unspecified atom stereocenters. The van der Waals surface area contributed by atoms with Gasteiger partial charge in [-0.05, 0) is 63.8 Å². The number of fused-ring (bicyclic) bond motifs is 1. The molecule has 2 aliphatic rings. The molecule has 6 nitrogen and oxygen atoms in total. The van der Waals surface area contributed by atoms with Gasteiger partial charge >= 0.3 is 6.09 Å². The van der Waals surface area contributed by atoms with Crippen molar-refractivity contribution in [1.29, 1.82) is 0 Å². The third-order valence-corrected chi connectivity index (χ3v) is 6.05. The highest BCUT2D eigenvalue weighted by Gasteiger charge is 2.40. The average Bonchev–Trinajstić information content (AvgIpc) is 2.65. The molecule has 3 atom stereocenters. The second kappa shape index (κ2) is 8.93. The Hall–Kier alpha value is -1.50. The smallest absolute Gasteiger partial charge is 0.410 e. The molecule has 0 spiro atoms. The van der Waals surface area contributed by atoms with Crippen molar-refractivity contribution in [3.8, 4) is 0 Å². The zero-order chi connectivity index (χ0) is 22.2. The van der Waals surface area contributed by atoms with Crippen molar-refractivity contribution in [3.05, 3.63) is 33.3 Å². The molecule has 0 bridgehead atoms. The number of ether oxygens (including phenoxy) is 2. The highest BCUT2D eigenvalue weighted by atomic mass is 35.5. The maximum atomic E-state index is 13.4. The Morgan fingerprint density at radius 2 is 1.93 bits per heavy atom. The zero-order valence-electron chi connectivity index (χ0n) is 18.2. The summed E-state index contributed by atoms with van der Waals surface area (Å²) in [7, 11) is 0. The van der Waals surface area contributed by atoms with Crippen LogP contribution in [0.2, 0.25) is 10.0 Å². The SMILES string of the molecule is CC[C@@H]1CN(C(=O)OC(C)(C)C)C[C@H](C(=O)N2CCc3cc(Cl)cc(Cl)c3[C@@H]2C)O1. The lowest BCUT2D eigenvalue weighted by molar-refractivity contribution is -0.159. The quantitative estimate of drug-likeness (QED) is 0.637. The molecular weight excluding hydrogens is 427 g/mol. The third-order valence-electron chi connectivity index (χ3n) is 5.52. The van der Waals surface area contributed by atoms with Gasteiger partial charge < -0.3 is 19.3 Å². The summed E-state index contributed by atoms with van der Waals surface area (Å²) >= 11 is 12.6. The van der Waals surface area contributed by atoms with Crippen LogP contribution in [-0.2, 0) is 20.7 Å². The number of morpholine rings is 1. The van der Waals surface area contributed by atoms with Crippen LogP contribution in [0.1, 0.15) is 58.2 Å². The Morgan fingerprint density at radius 1 is 1.23 bits per heavy atom. The van der Waals surface area contributed by atoms with Crippen molar-refractivity contribution in [1.82, 2.24) is 9.80 Å². The van der Waals surface area contributed by atoms with E-state index in [4.69, 9.17) is 32.7 Å². The number of benzene rings is 1. The van der Waals surface area contributed by atoms with E-state index in [9.17, 15) is 9.59 Å². The van der Waals surface area contributed by atoms with Crippen LogP contribution in [0.25, 0.3) is 0 Å². The van der Waals surface area contributed by atoms with E-state index in [-0.39, 0.29) is 24.6 Å². The van der Waals surface area contributed by atoms with Gasteiger partial charge in [0.25, 0.3) is 5.91 Å². The molecule has 0 aliphatic carbocycles. The van der Waals surface area contributed by atoms with Crippen molar-refractivity contribution in [2.24, 2.45) is 0 Å². The summed E-state index contributed by atoms with van der Waals surface area (Å²) in [5.41, 5.74) is 1.39. The summed E-state index contributed by atoms with van der Waals surface area (Å²) in [5, 5.41) is 1.16. The van der Waals surface area contributed by atoms with E-state index in [1.807, 2.05) is 40.7 Å². The molecule has 0 radical (unpaired) electrons. The van der Waals surface area contributed by atoms with Crippen molar-refractivity contribution in [3.63, 3.8) is 0 Å². The van der Waals surface area contributed by atoms with E-state index in [2.05, 4.69) is 0 Å². The van der Waals surface area contributed by atoms with E-state index >= 15 is 0 Å². The van der Waals surface area contributed by atoms with Gasteiger partial charge in [0.15, 0.2) is 6.10 Å². The molecule has 1 aromatic rings. The summed E-state index contributed by atoms with van der Waals surface area (Å²) in [4.78, 5) is 29.4. The number of amides is 2. The summed E-state index contributed by atoms with van der Waals surface area (Å²) in [6.07, 6.45) is 0.00931. The maximum absolute atomic E-state index is 13.4. The molecule has 0 aromatic heterocycles. The van der Waals surface area contributed by atoms with E-state index < -0.39 is 17.8 Å². The molecule has 1 aromatic carbocycles. The van der Waals surface area contributed by atoms with Crippen molar-refractivity contribution < 1.29 is 19.1 Å². The van der Waals surface area contributed by atoms with Gasteiger partial charge in [0.05, 0.1) is 25.2 Å². The molecule has 0 N–H and O–H groups in total. The largest absolute Gasteiger partial charge is 0.444 e. The lowest BCUT2D eigenvalue weighted by Crippen LogP contribution is -2.57. The molecule has 2 amide bonds. The number of halogens is 2. The van der Waals surface area contributed by atoms with Gasteiger partial charge in [-0.3, -0.25) is 4.79 Å². The standard InChI is InChI=1S/C22H30Cl2N2O4/c1-6-16-11-25(21(28)30-22(3,4)5)12-18(29-16)20(27)26-8-7-14-9-15(23)10-17(24)19(14)13(26)2/h9-10,13,16,18H,6-8,11-12H2,1-5H3/t13-,16+,18+/m0/s1. The first-order chi connectivity index (χ1) is 14.0. The topological polar surface area (TPSA) is 59.1 Å². The first-order valence-corrected chi connectivity index (χ1v) is 11.2. The fourth-order valence-electron chi connectivity index (χ4n) is 4.07. The molecule has 1 saturated heterocycles. The van der Waals surface area contributed by atoms with E-state index in [1.54, 1.807) is 15.9 Å². The number of carbonyl (C=O) groups is 2. The molecular formula is C22H30Cl2N2O4. The highest BCUT2D eigenvalue weighted by Crippen LogP contribution is 2.37. The molecule has 1 fully saturated rings. The number of rotatable bonds is 2. The van der Waals surface area contributed by atoms with Crippen molar-refractivity contribution in [2.75, 3.05) is 19.6 Å². The fraction of sp³-hybridized carbons (Fsp3) is 0.636. The number of hydrogen-bond donors (Lipinski definition) is 0. The summed E-state index contributed by atoms with van der Waals surface area (Å²) in [6.45, 7) is 10.6. The lowest BCUT2D eigenvalue weighted by atomic mass is 9.93. The minimum absolute atomic E-state index is 0.133. The van der Waals surface area contributed by atoms with Crippen molar-refractivity contribution in [2.45, 2.75) is 71.3 Å². The van der Waals surface area contributed by atoms with Gasteiger partial charge in [0.2, 0.25) is 0 Å². The Balaban J connectivity index is 1.78. The minimum Gasteiger partial charge on any atom is -0.444 e. The second-order valence-corrected chi connectivity index (χ2v) is 9.80. The third kappa shape index (κ3) is 5.04. The van der Waals surface area contributed by atoms with Crippen molar-refractivity contribution >= 4 is 35.2 Å². The van der Waals surface area contributed by atoms with Crippen LogP contribution in [-0.4, -0.2) is 59.2 Å². The second-order valence-electron chi connectivity index (χ2n) is 8.96. The Kier molecular flexibility index (Phi) is 6.90. The van der Waals surface area contributed by atoms with Crippen LogP contribution < -0.4 is 0 Å². The maximum Gasteiger partial charge on any atom is 0.410 e. The monoisotopic (exact) mass is 456 g/mol. The molecule has 30 heavy (non-hydrogen) atoms. The van der Waals surface area contributed by atoms with Gasteiger partial charge in [0.1, 0.15) is 5.60 Å². The summed E-state index contributed by atoms with van der Waals surface area (Å²) < 4.78 is 11.6.